The second kappa shape index (κ2) is 8.03. The van der Waals surface area contributed by atoms with Crippen LogP contribution in [0.3, 0.4) is 0 Å². The van der Waals surface area contributed by atoms with E-state index < -0.39 is 42.2 Å². The molecule has 0 spiro atoms. The van der Waals surface area contributed by atoms with E-state index in [4.69, 9.17) is 9.47 Å². The first-order valence-electron chi connectivity index (χ1n) is 9.59. The molecule has 2 aromatic rings. The number of carbonyl (C=O) groups excluding carboxylic acids is 3. The Morgan fingerprint density at radius 2 is 1.94 bits per heavy atom. The number of hydrogen-bond acceptors (Lipinski definition) is 5. The lowest BCUT2D eigenvalue weighted by Gasteiger charge is -2.31. The van der Waals surface area contributed by atoms with Crippen LogP contribution < -0.4 is 15.0 Å². The van der Waals surface area contributed by atoms with E-state index >= 15 is 0 Å². The number of alkyl halides is 3. The van der Waals surface area contributed by atoms with E-state index in [1.807, 2.05) is 0 Å². The number of nitrogens with one attached hydrogen (secondary N) is 1. The number of anilines is 2. The molecule has 1 atom stereocenters. The van der Waals surface area contributed by atoms with E-state index in [1.165, 1.54) is 6.92 Å². The fourth-order valence-corrected chi connectivity index (χ4v) is 3.40. The summed E-state index contributed by atoms with van der Waals surface area (Å²) in [7, 11) is 0. The fourth-order valence-electron chi connectivity index (χ4n) is 3.40. The minimum atomic E-state index is -4.61. The molecular formula is C22H17F3N2O5. The third-order valence-electron chi connectivity index (χ3n) is 4.98. The van der Waals surface area contributed by atoms with Gasteiger partial charge in [0, 0.05) is 5.56 Å². The van der Waals surface area contributed by atoms with Gasteiger partial charge in [0.25, 0.3) is 5.91 Å². The lowest BCUT2D eigenvalue weighted by Crippen LogP contribution is -2.47. The van der Waals surface area contributed by atoms with Crippen LogP contribution in [0.2, 0.25) is 0 Å². The molecule has 32 heavy (non-hydrogen) atoms. The predicted molar refractivity (Wildman–Crippen MR) is 108 cm³/mol. The van der Waals surface area contributed by atoms with Crippen LogP contribution in [0.4, 0.5) is 24.5 Å². The van der Waals surface area contributed by atoms with Crippen LogP contribution in [0.5, 0.6) is 5.75 Å². The van der Waals surface area contributed by atoms with Crippen molar-refractivity contribution in [3.63, 3.8) is 0 Å². The van der Waals surface area contributed by atoms with Gasteiger partial charge in [0.05, 0.1) is 22.5 Å². The SMILES string of the molecule is CC(OC(=O)C1=Cc2ccccc2OC1)C(=O)N1CC(=O)Nc2cc(C(F)(F)F)ccc21. The number of halogens is 3. The maximum atomic E-state index is 13.0. The first-order chi connectivity index (χ1) is 15.1. The van der Waals surface area contributed by atoms with Gasteiger partial charge in [0.15, 0.2) is 6.10 Å². The molecule has 7 nitrogen and oxygen atoms in total. The Hall–Kier alpha value is -3.82. The van der Waals surface area contributed by atoms with Crippen LogP contribution in [0.1, 0.15) is 18.1 Å². The molecule has 0 aromatic heterocycles. The zero-order chi connectivity index (χ0) is 23.0. The van der Waals surface area contributed by atoms with Crippen molar-refractivity contribution in [3.8, 4) is 5.75 Å². The van der Waals surface area contributed by atoms with Gasteiger partial charge in [-0.25, -0.2) is 4.79 Å². The number of rotatable bonds is 3. The van der Waals surface area contributed by atoms with E-state index in [0.717, 1.165) is 23.1 Å². The van der Waals surface area contributed by atoms with E-state index in [0.29, 0.717) is 11.3 Å². The molecule has 166 valence electrons. The van der Waals surface area contributed by atoms with Crippen molar-refractivity contribution >= 4 is 35.2 Å². The van der Waals surface area contributed by atoms with Crippen LogP contribution in [-0.4, -0.2) is 37.0 Å². The average Bonchev–Trinajstić information content (AvgIpc) is 2.76. The summed E-state index contributed by atoms with van der Waals surface area (Å²) in [5, 5.41) is 2.33. The Morgan fingerprint density at radius 1 is 1.19 bits per heavy atom. The fraction of sp³-hybridized carbons (Fsp3) is 0.227. The van der Waals surface area contributed by atoms with Crippen molar-refractivity contribution in [2.24, 2.45) is 0 Å². The number of esters is 1. The summed E-state index contributed by atoms with van der Waals surface area (Å²) in [6.45, 7) is 0.874. The summed E-state index contributed by atoms with van der Waals surface area (Å²) >= 11 is 0. The number of carbonyl (C=O) groups is 3. The molecule has 0 saturated carbocycles. The first kappa shape index (κ1) is 21.4. The molecule has 0 saturated heterocycles. The third kappa shape index (κ3) is 4.16. The number of benzene rings is 2. The zero-order valence-corrected chi connectivity index (χ0v) is 16.7. The van der Waals surface area contributed by atoms with Crippen molar-refractivity contribution in [2.45, 2.75) is 19.2 Å². The van der Waals surface area contributed by atoms with E-state index in [2.05, 4.69) is 5.32 Å². The Kier molecular flexibility index (Phi) is 5.37. The molecule has 4 rings (SSSR count). The molecule has 2 aliphatic rings. The van der Waals surface area contributed by atoms with Crippen molar-refractivity contribution in [1.82, 2.24) is 0 Å². The summed E-state index contributed by atoms with van der Waals surface area (Å²) in [6.07, 6.45) is -4.30. The maximum Gasteiger partial charge on any atom is 0.416 e. The number of ether oxygens (including phenoxy) is 2. The van der Waals surface area contributed by atoms with Crippen LogP contribution in [0.15, 0.2) is 48.0 Å². The largest absolute Gasteiger partial charge is 0.488 e. The lowest BCUT2D eigenvalue weighted by molar-refractivity contribution is -0.150. The molecule has 2 aromatic carbocycles. The monoisotopic (exact) mass is 446 g/mol. The van der Waals surface area contributed by atoms with Gasteiger partial charge in [-0.3, -0.25) is 14.5 Å². The highest BCUT2D eigenvalue weighted by Gasteiger charge is 2.36. The van der Waals surface area contributed by atoms with Crippen LogP contribution >= 0.6 is 0 Å². The summed E-state index contributed by atoms with van der Waals surface area (Å²) in [5.41, 5.74) is -0.140. The highest BCUT2D eigenvalue weighted by atomic mass is 19.4. The normalized spacial score (nSPS) is 16.1. The van der Waals surface area contributed by atoms with Crippen molar-refractivity contribution in [1.29, 1.82) is 0 Å². The van der Waals surface area contributed by atoms with Gasteiger partial charge in [0.1, 0.15) is 18.9 Å². The van der Waals surface area contributed by atoms with Crippen molar-refractivity contribution in [3.05, 3.63) is 59.2 Å². The molecule has 2 aliphatic heterocycles. The summed E-state index contributed by atoms with van der Waals surface area (Å²) in [6, 6.07) is 9.75. The molecule has 0 bridgehead atoms. The highest BCUT2D eigenvalue weighted by Crippen LogP contribution is 2.37. The van der Waals surface area contributed by atoms with Crippen LogP contribution in [-0.2, 0) is 25.3 Å². The Balaban J connectivity index is 1.52. The minimum Gasteiger partial charge on any atom is -0.488 e. The van der Waals surface area contributed by atoms with Crippen LogP contribution in [0.25, 0.3) is 6.08 Å². The van der Waals surface area contributed by atoms with Gasteiger partial charge in [-0.05, 0) is 37.3 Å². The van der Waals surface area contributed by atoms with Crippen LogP contribution in [0, 0.1) is 0 Å². The molecule has 2 heterocycles. The molecule has 0 radical (unpaired) electrons. The summed E-state index contributed by atoms with van der Waals surface area (Å²) in [5.74, 6) is -1.56. The number of amides is 2. The quantitative estimate of drug-likeness (QED) is 0.731. The third-order valence-corrected chi connectivity index (χ3v) is 4.98. The second-order valence-corrected chi connectivity index (χ2v) is 7.25. The van der Waals surface area contributed by atoms with Gasteiger partial charge >= 0.3 is 12.1 Å². The average molecular weight is 446 g/mol. The molecule has 0 fully saturated rings. The molecule has 1 N–H and O–H groups in total. The summed E-state index contributed by atoms with van der Waals surface area (Å²) < 4.78 is 49.7. The van der Waals surface area contributed by atoms with Gasteiger partial charge in [-0.15, -0.1) is 0 Å². The summed E-state index contributed by atoms with van der Waals surface area (Å²) in [4.78, 5) is 38.4. The van der Waals surface area contributed by atoms with E-state index in [9.17, 15) is 27.6 Å². The Labute approximate surface area is 180 Å². The van der Waals surface area contributed by atoms with E-state index in [1.54, 1.807) is 30.3 Å². The smallest absolute Gasteiger partial charge is 0.416 e. The van der Waals surface area contributed by atoms with Gasteiger partial charge in [-0.2, -0.15) is 13.2 Å². The second-order valence-electron chi connectivity index (χ2n) is 7.25. The number of para-hydroxylation sites is 1. The Morgan fingerprint density at radius 3 is 2.69 bits per heavy atom. The lowest BCUT2D eigenvalue weighted by atomic mass is 10.1. The van der Waals surface area contributed by atoms with Gasteiger partial charge in [-0.1, -0.05) is 18.2 Å². The first-order valence-corrected chi connectivity index (χ1v) is 9.59. The molecule has 0 aliphatic carbocycles. The van der Waals surface area contributed by atoms with Crippen molar-refractivity contribution < 1.29 is 37.0 Å². The molecule has 1 unspecified atom stereocenters. The number of hydrogen-bond donors (Lipinski definition) is 1. The van der Waals surface area contributed by atoms with Gasteiger partial charge in [0.2, 0.25) is 5.91 Å². The number of nitrogens with zero attached hydrogens (tertiary/aromatic N) is 1. The zero-order valence-electron chi connectivity index (χ0n) is 16.7. The highest BCUT2D eigenvalue weighted by molar-refractivity contribution is 6.11. The Bertz CT molecular complexity index is 1140. The maximum absolute atomic E-state index is 13.0. The minimum absolute atomic E-state index is 0.0358. The topological polar surface area (TPSA) is 84.9 Å². The van der Waals surface area contributed by atoms with Crippen molar-refractivity contribution in [2.75, 3.05) is 23.4 Å². The van der Waals surface area contributed by atoms with Gasteiger partial charge < -0.3 is 14.8 Å². The number of fused-ring (bicyclic) bond motifs is 2. The molecule has 2 amide bonds. The molecule has 10 heteroatoms. The molecular weight excluding hydrogens is 429 g/mol. The standard InChI is InChI=1S/C22H17F3N2O5/c1-12(32-21(30)14-8-13-4-2-3-5-18(13)31-11-14)20(29)27-10-19(28)26-16-9-15(22(23,24)25)6-7-17(16)27/h2-9,12H,10-11H2,1H3,(H,26,28). The predicted octanol–water partition coefficient (Wildman–Crippen LogP) is 3.40. The van der Waals surface area contributed by atoms with E-state index in [-0.39, 0.29) is 23.6 Å².